The van der Waals surface area contributed by atoms with Gasteiger partial charge in [-0.25, -0.2) is 4.98 Å². The van der Waals surface area contributed by atoms with Gasteiger partial charge in [-0.15, -0.1) is 0 Å². The zero-order valence-electron chi connectivity index (χ0n) is 7.56. The van der Waals surface area contributed by atoms with Crippen LogP contribution in [0.2, 0.25) is 0 Å². The molecule has 2 rings (SSSR count). The third-order valence-corrected chi connectivity index (χ3v) is 1.88. The highest BCUT2D eigenvalue weighted by molar-refractivity contribution is 5.63. The molecule has 0 N–H and O–H groups in total. The Bertz CT molecular complexity index is 526. The van der Waals surface area contributed by atoms with E-state index in [4.69, 9.17) is 14.9 Å². The summed E-state index contributed by atoms with van der Waals surface area (Å²) < 4.78 is 4.71. The van der Waals surface area contributed by atoms with Gasteiger partial charge in [-0.2, -0.15) is 10.5 Å². The minimum Gasteiger partial charge on any atom is -0.440 e. The molecule has 0 bridgehead atoms. The zero-order valence-corrected chi connectivity index (χ0v) is 7.56. The lowest BCUT2D eigenvalue weighted by atomic mass is 10.1. The molecule has 0 aliphatic rings. The number of hydrogen-bond donors (Lipinski definition) is 0. The van der Waals surface area contributed by atoms with Crippen LogP contribution in [-0.4, -0.2) is 4.98 Å². The first-order chi connectivity index (χ1) is 7.33. The first kappa shape index (κ1) is 8.98. The van der Waals surface area contributed by atoms with Crippen molar-refractivity contribution in [3.8, 4) is 23.4 Å². The average molecular weight is 194 g/mol. The molecule has 0 fully saturated rings. The Labute approximate surface area is 86.0 Å². The smallest absolute Gasteiger partial charge is 0.284 e. The third-order valence-electron chi connectivity index (χ3n) is 1.88. The van der Waals surface area contributed by atoms with Gasteiger partial charge >= 0.3 is 0 Å². The summed E-state index contributed by atoms with van der Waals surface area (Å²) in [4.78, 5) is 3.83. The van der Waals surface area contributed by atoms with E-state index in [1.807, 2.05) is 12.1 Å². The maximum absolute atomic E-state index is 8.77. The van der Waals surface area contributed by atoms with Crippen LogP contribution in [0.25, 0.3) is 11.3 Å². The van der Waals surface area contributed by atoms with Crippen LogP contribution in [0.5, 0.6) is 0 Å². The highest BCUT2D eigenvalue weighted by atomic mass is 16.3. The first-order valence-electron chi connectivity index (χ1n) is 4.10. The number of nitrogens with zero attached hydrogens (tertiary/aromatic N) is 3. The van der Waals surface area contributed by atoms with E-state index in [0.29, 0.717) is 22.4 Å². The van der Waals surface area contributed by atoms with E-state index in [1.165, 1.54) is 12.3 Å². The van der Waals surface area contributed by atoms with Crippen molar-refractivity contribution in [1.82, 2.24) is 4.98 Å². The van der Waals surface area contributed by atoms with E-state index in [1.54, 1.807) is 12.1 Å². The Hall–Kier alpha value is -2.59. The van der Waals surface area contributed by atoms with Crippen molar-refractivity contribution < 1.29 is 4.42 Å². The number of benzene rings is 1. The Morgan fingerprint density at radius 3 is 2.27 bits per heavy atom. The van der Waals surface area contributed by atoms with Gasteiger partial charge in [-0.1, -0.05) is 0 Å². The minimum atomic E-state index is 0.423. The summed E-state index contributed by atoms with van der Waals surface area (Å²) >= 11 is 0. The molecule has 2 aromatic rings. The molecule has 0 aliphatic heterocycles. The number of oxazole rings is 1. The van der Waals surface area contributed by atoms with Crippen LogP contribution in [0.3, 0.4) is 0 Å². The first-order valence-corrected chi connectivity index (χ1v) is 4.10. The predicted octanol–water partition coefficient (Wildman–Crippen LogP) is 1.89. The number of nitriles is 2. The van der Waals surface area contributed by atoms with Gasteiger partial charge in [-0.3, -0.25) is 0 Å². The van der Waals surface area contributed by atoms with E-state index < -0.39 is 0 Å². The van der Waals surface area contributed by atoms with Crippen LogP contribution >= 0.6 is 0 Å². The van der Waals surface area contributed by atoms with E-state index in [2.05, 4.69) is 11.4 Å². The summed E-state index contributed by atoms with van der Waals surface area (Å²) in [6.45, 7) is 0. The maximum atomic E-state index is 8.77. The minimum absolute atomic E-state index is 0.423. The monoisotopic (exact) mass is 194 g/mol. The Morgan fingerprint density at radius 1 is 1.13 bits per heavy atom. The summed E-state index contributed by atoms with van der Waals surface area (Å²) in [5.74, 6) is 0. The number of hydrogen-bond acceptors (Lipinski definition) is 4. The van der Waals surface area contributed by atoms with E-state index in [-0.39, 0.29) is 0 Å². The van der Waals surface area contributed by atoms with Crippen molar-refractivity contribution in [2.45, 2.75) is 0 Å². The molecule has 1 aromatic heterocycles. The fraction of sp³-hybridized carbons (Fsp3) is 0. The molecule has 4 nitrogen and oxygen atoms in total. The summed E-state index contributed by atoms with van der Waals surface area (Å²) in [7, 11) is 0. The molecule has 15 heavy (non-hydrogen) atoms. The average Bonchev–Trinajstić information content (AvgIpc) is 2.81. The van der Waals surface area contributed by atoms with Gasteiger partial charge in [0.25, 0.3) is 6.39 Å². The van der Waals surface area contributed by atoms with E-state index >= 15 is 0 Å². The molecule has 1 radical (unpaired) electrons. The fourth-order valence-corrected chi connectivity index (χ4v) is 1.22. The van der Waals surface area contributed by atoms with Gasteiger partial charge in [0, 0.05) is 5.56 Å². The van der Waals surface area contributed by atoms with Crippen molar-refractivity contribution in [2.24, 2.45) is 0 Å². The quantitative estimate of drug-likeness (QED) is 0.694. The van der Waals surface area contributed by atoms with Crippen LogP contribution in [0.15, 0.2) is 28.9 Å². The van der Waals surface area contributed by atoms with Crippen LogP contribution in [0, 0.1) is 29.1 Å². The van der Waals surface area contributed by atoms with Crippen molar-refractivity contribution in [3.63, 3.8) is 0 Å². The molecular formula is C11H4N3O. The molecule has 0 saturated carbocycles. The molecule has 0 aliphatic carbocycles. The highest BCUT2D eigenvalue weighted by Gasteiger charge is 2.05. The second-order valence-corrected chi connectivity index (χ2v) is 2.85. The molecule has 4 heteroatoms. The van der Waals surface area contributed by atoms with Gasteiger partial charge in [0.1, 0.15) is 12.0 Å². The second-order valence-electron chi connectivity index (χ2n) is 2.85. The summed E-state index contributed by atoms with van der Waals surface area (Å²) in [6, 6.07) is 8.78. The molecule has 0 saturated heterocycles. The van der Waals surface area contributed by atoms with E-state index in [9.17, 15) is 0 Å². The second kappa shape index (κ2) is 3.65. The van der Waals surface area contributed by atoms with Crippen molar-refractivity contribution in [3.05, 3.63) is 42.0 Å². The fourth-order valence-electron chi connectivity index (χ4n) is 1.22. The molecular weight excluding hydrogens is 190 g/mol. The summed E-state index contributed by atoms with van der Waals surface area (Å²) in [5.41, 5.74) is 2.08. The van der Waals surface area contributed by atoms with Gasteiger partial charge < -0.3 is 4.42 Å². The topological polar surface area (TPSA) is 73.6 Å². The molecule has 0 unspecified atom stereocenters. The molecule has 0 amide bonds. The number of rotatable bonds is 1. The van der Waals surface area contributed by atoms with Crippen molar-refractivity contribution in [1.29, 1.82) is 10.5 Å². The Balaban J connectivity index is 2.59. The Kier molecular flexibility index (Phi) is 2.19. The standard InChI is InChI=1S/C11H4N3O/c12-4-8-1-9(5-13)3-10(2-8)11-6-15-7-14-11/h1-3,6H. The summed E-state index contributed by atoms with van der Waals surface area (Å²) in [6.07, 6.45) is 3.73. The lowest BCUT2D eigenvalue weighted by molar-refractivity contribution is 0.548. The Morgan fingerprint density at radius 2 is 1.80 bits per heavy atom. The number of aromatic nitrogens is 1. The van der Waals surface area contributed by atoms with Gasteiger partial charge in [0.05, 0.1) is 23.3 Å². The van der Waals surface area contributed by atoms with Crippen LogP contribution < -0.4 is 0 Å². The molecule has 1 heterocycles. The lowest BCUT2D eigenvalue weighted by Gasteiger charge is -1.97. The molecule has 0 spiro atoms. The molecule has 0 atom stereocenters. The van der Waals surface area contributed by atoms with Gasteiger partial charge in [0.15, 0.2) is 0 Å². The largest absolute Gasteiger partial charge is 0.440 e. The van der Waals surface area contributed by atoms with Crippen LogP contribution in [0.4, 0.5) is 0 Å². The summed E-state index contributed by atoms with van der Waals surface area (Å²) in [5, 5.41) is 17.5. The lowest BCUT2D eigenvalue weighted by Crippen LogP contribution is -1.84. The van der Waals surface area contributed by atoms with E-state index in [0.717, 1.165) is 0 Å². The van der Waals surface area contributed by atoms with Gasteiger partial charge in [-0.05, 0) is 18.2 Å². The highest BCUT2D eigenvalue weighted by Crippen LogP contribution is 2.19. The van der Waals surface area contributed by atoms with Crippen LogP contribution in [-0.2, 0) is 0 Å². The van der Waals surface area contributed by atoms with Crippen molar-refractivity contribution in [2.75, 3.05) is 0 Å². The van der Waals surface area contributed by atoms with Gasteiger partial charge in [0.2, 0.25) is 0 Å². The third kappa shape index (κ3) is 1.70. The zero-order chi connectivity index (χ0) is 10.7. The van der Waals surface area contributed by atoms with Crippen molar-refractivity contribution >= 4 is 0 Å². The molecule has 1 aromatic carbocycles. The van der Waals surface area contributed by atoms with Crippen LogP contribution in [0.1, 0.15) is 11.1 Å². The maximum Gasteiger partial charge on any atom is 0.284 e. The predicted molar refractivity (Wildman–Crippen MR) is 50.2 cm³/mol. The normalized spacial score (nSPS) is 9.20. The molecule has 69 valence electrons. The SMILES string of the molecule is N#Cc1cc(C#N)cc(-c2co[c]n2)c1.